The fourth-order valence-corrected chi connectivity index (χ4v) is 3.90. The number of carbonyl (C=O) groups excluding carboxylic acids is 2. The number of benzene rings is 3. The summed E-state index contributed by atoms with van der Waals surface area (Å²) in [5.41, 5.74) is 5.24. The van der Waals surface area contributed by atoms with Crippen molar-refractivity contribution < 1.29 is 19.1 Å². The van der Waals surface area contributed by atoms with E-state index in [9.17, 15) is 9.59 Å². The minimum atomic E-state index is -0.461. The van der Waals surface area contributed by atoms with E-state index in [1.807, 2.05) is 60.7 Å². The molecule has 35 heavy (non-hydrogen) atoms. The van der Waals surface area contributed by atoms with E-state index in [0.29, 0.717) is 12.3 Å². The Balaban J connectivity index is 1.28. The van der Waals surface area contributed by atoms with Crippen LogP contribution in [0.2, 0.25) is 0 Å². The molecule has 180 valence electrons. The highest BCUT2D eigenvalue weighted by Crippen LogP contribution is 2.24. The zero-order chi connectivity index (χ0) is 24.3. The number of hydrogen-bond acceptors (Lipinski definition) is 5. The van der Waals surface area contributed by atoms with Gasteiger partial charge in [-0.25, -0.2) is 5.43 Å². The van der Waals surface area contributed by atoms with Gasteiger partial charge in [0.15, 0.2) is 6.61 Å². The zero-order valence-electron chi connectivity index (χ0n) is 19.4. The zero-order valence-corrected chi connectivity index (χ0v) is 19.4. The maximum absolute atomic E-state index is 13.0. The highest BCUT2D eigenvalue weighted by atomic mass is 16.5. The number of nitrogens with one attached hydrogen (secondary N) is 2. The molecule has 0 radical (unpaired) electrons. The van der Waals surface area contributed by atoms with Crippen molar-refractivity contribution in [2.45, 2.75) is 24.9 Å². The van der Waals surface area contributed by atoms with Crippen molar-refractivity contribution in [2.75, 3.05) is 19.8 Å². The molecule has 3 aromatic rings. The Kier molecular flexibility index (Phi) is 8.62. The second-order valence-corrected chi connectivity index (χ2v) is 8.29. The number of nitrogens with zero attached hydrogens (tertiary/aromatic N) is 1. The van der Waals surface area contributed by atoms with Crippen LogP contribution in [-0.2, 0) is 14.3 Å². The van der Waals surface area contributed by atoms with E-state index < -0.39 is 5.92 Å². The Labute approximate surface area is 205 Å². The molecule has 7 heteroatoms. The first-order chi connectivity index (χ1) is 17.2. The molecule has 1 saturated heterocycles. The van der Waals surface area contributed by atoms with Gasteiger partial charge in [0.05, 0.1) is 18.2 Å². The van der Waals surface area contributed by atoms with Gasteiger partial charge >= 0.3 is 0 Å². The Hall–Kier alpha value is -3.97. The Morgan fingerprint density at radius 1 is 0.971 bits per heavy atom. The summed E-state index contributed by atoms with van der Waals surface area (Å²) in [7, 11) is 0. The van der Waals surface area contributed by atoms with E-state index in [4.69, 9.17) is 9.47 Å². The lowest BCUT2D eigenvalue weighted by Gasteiger charge is -2.16. The summed E-state index contributed by atoms with van der Waals surface area (Å²) in [6.07, 6.45) is 3.69. The van der Waals surface area contributed by atoms with E-state index in [2.05, 4.69) is 15.8 Å². The maximum Gasteiger partial charge on any atom is 0.258 e. The topological polar surface area (TPSA) is 89.0 Å². The number of hydrazone groups is 1. The van der Waals surface area contributed by atoms with E-state index in [-0.39, 0.29) is 24.5 Å². The van der Waals surface area contributed by atoms with Crippen molar-refractivity contribution in [1.29, 1.82) is 0 Å². The van der Waals surface area contributed by atoms with Gasteiger partial charge in [-0.2, -0.15) is 5.10 Å². The Bertz CT molecular complexity index is 1070. The first-order valence-electron chi connectivity index (χ1n) is 11.7. The van der Waals surface area contributed by atoms with Gasteiger partial charge in [0, 0.05) is 13.2 Å². The van der Waals surface area contributed by atoms with Crippen LogP contribution in [0, 0.1) is 0 Å². The monoisotopic (exact) mass is 471 g/mol. The first kappa shape index (κ1) is 24.2. The van der Waals surface area contributed by atoms with Crippen LogP contribution in [0.1, 0.15) is 35.4 Å². The van der Waals surface area contributed by atoms with Crippen molar-refractivity contribution in [3.8, 4) is 5.75 Å². The summed E-state index contributed by atoms with van der Waals surface area (Å²) >= 11 is 0. The molecule has 2 amide bonds. The van der Waals surface area contributed by atoms with Gasteiger partial charge in [-0.1, -0.05) is 60.7 Å². The van der Waals surface area contributed by atoms with Gasteiger partial charge < -0.3 is 14.8 Å². The van der Waals surface area contributed by atoms with Crippen molar-refractivity contribution in [1.82, 2.24) is 10.7 Å². The minimum Gasteiger partial charge on any atom is -0.484 e. The summed E-state index contributed by atoms with van der Waals surface area (Å²) in [4.78, 5) is 24.9. The van der Waals surface area contributed by atoms with Gasteiger partial charge in [0.1, 0.15) is 5.75 Å². The van der Waals surface area contributed by atoms with Crippen LogP contribution in [0.4, 0.5) is 0 Å². The van der Waals surface area contributed by atoms with Gasteiger partial charge in [0.25, 0.3) is 11.8 Å². The fourth-order valence-electron chi connectivity index (χ4n) is 3.90. The fraction of sp³-hybridized carbons (Fsp3) is 0.250. The van der Waals surface area contributed by atoms with E-state index in [1.165, 1.54) is 0 Å². The molecule has 1 atom stereocenters. The summed E-state index contributed by atoms with van der Waals surface area (Å²) in [5, 5.41) is 6.97. The average Bonchev–Trinajstić information content (AvgIpc) is 3.42. The van der Waals surface area contributed by atoms with Crippen LogP contribution in [-0.4, -0.2) is 43.9 Å². The molecule has 1 aliphatic heterocycles. The highest BCUT2D eigenvalue weighted by molar-refractivity contribution is 5.88. The molecule has 2 N–H and O–H groups in total. The van der Waals surface area contributed by atoms with Crippen LogP contribution in [0.5, 0.6) is 5.75 Å². The Morgan fingerprint density at radius 2 is 1.63 bits per heavy atom. The molecule has 0 saturated carbocycles. The van der Waals surface area contributed by atoms with Gasteiger partial charge in [-0.15, -0.1) is 0 Å². The molecule has 3 aromatic carbocycles. The summed E-state index contributed by atoms with van der Waals surface area (Å²) in [5.74, 6) is -0.281. The molecule has 0 unspecified atom stereocenters. The SMILES string of the molecule is O=C(COc1ccc(/C=N/NC(=O)C(c2ccccc2)c2ccccc2)cc1)NC[C@@H]1CCCO1. The number of hydrogen-bond donors (Lipinski definition) is 2. The largest absolute Gasteiger partial charge is 0.484 e. The summed E-state index contributed by atoms with van der Waals surface area (Å²) in [6, 6.07) is 26.4. The number of carbonyl (C=O) groups is 2. The van der Waals surface area contributed by atoms with Crippen LogP contribution < -0.4 is 15.5 Å². The van der Waals surface area contributed by atoms with Crippen LogP contribution in [0.25, 0.3) is 0 Å². The summed E-state index contributed by atoms with van der Waals surface area (Å²) < 4.78 is 11.0. The predicted molar refractivity (Wildman–Crippen MR) is 134 cm³/mol. The third kappa shape index (κ3) is 7.25. The molecule has 0 aliphatic carbocycles. The second kappa shape index (κ2) is 12.5. The normalized spacial score (nSPS) is 15.3. The van der Waals surface area contributed by atoms with E-state index in [0.717, 1.165) is 36.1 Å². The lowest BCUT2D eigenvalue weighted by Crippen LogP contribution is -2.35. The molecule has 1 heterocycles. The first-order valence-corrected chi connectivity index (χ1v) is 11.7. The lowest BCUT2D eigenvalue weighted by molar-refractivity contribution is -0.123. The van der Waals surface area contributed by atoms with Gasteiger partial charge in [-0.3, -0.25) is 9.59 Å². The molecule has 4 rings (SSSR count). The molecule has 7 nitrogen and oxygen atoms in total. The highest BCUT2D eigenvalue weighted by Gasteiger charge is 2.22. The van der Waals surface area contributed by atoms with Crippen LogP contribution in [0.15, 0.2) is 90.0 Å². The van der Waals surface area contributed by atoms with Crippen molar-refractivity contribution in [2.24, 2.45) is 5.10 Å². The van der Waals surface area contributed by atoms with Gasteiger partial charge in [-0.05, 0) is 53.8 Å². The number of amides is 2. The molecule has 1 aliphatic rings. The molecular weight excluding hydrogens is 442 g/mol. The maximum atomic E-state index is 13.0. The standard InChI is InChI=1S/C28H29N3O4/c32-26(29-19-25-12-7-17-34-25)20-35-24-15-13-21(14-16-24)18-30-31-28(33)27(22-8-3-1-4-9-22)23-10-5-2-6-11-23/h1-6,8-11,13-16,18,25,27H,7,12,17,19-20H2,(H,29,32)(H,31,33)/b30-18+/t25-/m0/s1. The quantitative estimate of drug-likeness (QED) is 0.349. The lowest BCUT2D eigenvalue weighted by atomic mass is 9.91. The van der Waals surface area contributed by atoms with E-state index in [1.54, 1.807) is 30.5 Å². The van der Waals surface area contributed by atoms with Crippen LogP contribution in [0.3, 0.4) is 0 Å². The average molecular weight is 472 g/mol. The van der Waals surface area contributed by atoms with Crippen molar-refractivity contribution in [3.05, 3.63) is 102 Å². The van der Waals surface area contributed by atoms with Crippen molar-refractivity contribution in [3.63, 3.8) is 0 Å². The van der Waals surface area contributed by atoms with Crippen LogP contribution >= 0.6 is 0 Å². The molecular formula is C28H29N3O4. The summed E-state index contributed by atoms with van der Waals surface area (Å²) in [6.45, 7) is 1.21. The van der Waals surface area contributed by atoms with E-state index >= 15 is 0 Å². The number of ether oxygens (including phenoxy) is 2. The predicted octanol–water partition coefficient (Wildman–Crippen LogP) is 3.64. The smallest absolute Gasteiger partial charge is 0.258 e. The molecule has 0 aromatic heterocycles. The third-order valence-electron chi connectivity index (χ3n) is 5.72. The van der Waals surface area contributed by atoms with Gasteiger partial charge in [0.2, 0.25) is 0 Å². The molecule has 1 fully saturated rings. The minimum absolute atomic E-state index is 0.0590. The third-order valence-corrected chi connectivity index (χ3v) is 5.72. The second-order valence-electron chi connectivity index (χ2n) is 8.29. The Morgan fingerprint density at radius 3 is 2.23 bits per heavy atom. The number of rotatable bonds is 10. The molecule has 0 spiro atoms. The van der Waals surface area contributed by atoms with Crippen molar-refractivity contribution >= 4 is 18.0 Å². The molecule has 0 bridgehead atoms.